The Bertz CT molecular complexity index is 351. The molecule has 1 saturated carbocycles. The third-order valence-electron chi connectivity index (χ3n) is 4.70. The number of aliphatic carboxylic acids is 1. The maximum absolute atomic E-state index is 12.4. The van der Waals surface area contributed by atoms with Crippen LogP contribution in [-0.4, -0.2) is 59.5 Å². The maximum atomic E-state index is 12.4. The van der Waals surface area contributed by atoms with Crippen molar-refractivity contribution >= 4 is 11.9 Å². The number of carboxylic acid groups (broad SMARTS) is 1. The fourth-order valence-electron chi connectivity index (χ4n) is 3.09. The van der Waals surface area contributed by atoms with E-state index >= 15 is 0 Å². The Morgan fingerprint density at radius 3 is 2.16 bits per heavy atom. The summed E-state index contributed by atoms with van der Waals surface area (Å²) in [6, 6.07) is 0.410. The summed E-state index contributed by atoms with van der Waals surface area (Å²) >= 11 is 0. The Hall–Kier alpha value is -1.10. The highest BCUT2D eigenvalue weighted by Crippen LogP contribution is 2.30. The lowest BCUT2D eigenvalue weighted by atomic mass is 9.81. The van der Waals surface area contributed by atoms with Crippen molar-refractivity contribution in [2.24, 2.45) is 11.8 Å². The van der Waals surface area contributed by atoms with Gasteiger partial charge in [-0.3, -0.25) is 9.59 Å². The van der Waals surface area contributed by atoms with Gasteiger partial charge in [0.15, 0.2) is 0 Å². The summed E-state index contributed by atoms with van der Waals surface area (Å²) in [6.45, 7) is 4.67. The van der Waals surface area contributed by atoms with E-state index in [9.17, 15) is 9.59 Å². The maximum Gasteiger partial charge on any atom is 0.306 e. The Morgan fingerprint density at radius 1 is 1.05 bits per heavy atom. The Kier molecular flexibility index (Phi) is 4.45. The van der Waals surface area contributed by atoms with Crippen LogP contribution in [0.25, 0.3) is 0 Å². The number of piperazine rings is 1. The van der Waals surface area contributed by atoms with Gasteiger partial charge >= 0.3 is 5.97 Å². The lowest BCUT2D eigenvalue weighted by molar-refractivity contribution is -0.146. The van der Waals surface area contributed by atoms with Crippen LogP contribution in [-0.2, 0) is 9.59 Å². The molecule has 5 heteroatoms. The zero-order valence-electron chi connectivity index (χ0n) is 11.8. The molecule has 1 saturated heterocycles. The molecule has 1 aliphatic carbocycles. The number of rotatable bonds is 2. The summed E-state index contributed by atoms with van der Waals surface area (Å²) < 4.78 is 0. The number of carbonyl (C=O) groups excluding carboxylic acids is 1. The van der Waals surface area contributed by atoms with Crippen LogP contribution in [0.5, 0.6) is 0 Å². The third kappa shape index (κ3) is 3.26. The van der Waals surface area contributed by atoms with Crippen molar-refractivity contribution in [1.29, 1.82) is 0 Å². The highest BCUT2D eigenvalue weighted by Gasteiger charge is 2.33. The molecule has 1 N–H and O–H groups in total. The quantitative estimate of drug-likeness (QED) is 0.813. The van der Waals surface area contributed by atoms with E-state index in [0.717, 1.165) is 32.5 Å². The summed E-state index contributed by atoms with van der Waals surface area (Å²) in [4.78, 5) is 27.6. The van der Waals surface area contributed by atoms with Gasteiger partial charge in [-0.25, -0.2) is 0 Å². The molecule has 1 atom stereocenters. The van der Waals surface area contributed by atoms with E-state index < -0.39 is 5.97 Å². The number of hydrogen-bond acceptors (Lipinski definition) is 3. The van der Waals surface area contributed by atoms with Gasteiger partial charge in [0.1, 0.15) is 0 Å². The molecule has 5 nitrogen and oxygen atoms in total. The van der Waals surface area contributed by atoms with Crippen LogP contribution < -0.4 is 0 Å². The SMILES string of the molecule is CC1CN(C(=O)C2CCC(C(=O)O)CC2)CCN1C. The predicted octanol–water partition coefficient (Wildman–Crippen LogP) is 1.04. The van der Waals surface area contributed by atoms with Crippen molar-refractivity contribution in [2.45, 2.75) is 38.6 Å². The first-order valence-corrected chi connectivity index (χ1v) is 7.21. The number of amides is 1. The van der Waals surface area contributed by atoms with Crippen LogP contribution in [0.15, 0.2) is 0 Å². The van der Waals surface area contributed by atoms with E-state index in [-0.39, 0.29) is 17.7 Å². The van der Waals surface area contributed by atoms with Gasteiger partial charge in [-0.15, -0.1) is 0 Å². The van der Waals surface area contributed by atoms with Gasteiger partial charge < -0.3 is 14.9 Å². The first kappa shape index (κ1) is 14.3. The van der Waals surface area contributed by atoms with E-state index in [1.54, 1.807) is 0 Å². The van der Waals surface area contributed by atoms with Crippen LogP contribution >= 0.6 is 0 Å². The summed E-state index contributed by atoms with van der Waals surface area (Å²) in [5.74, 6) is -0.662. The van der Waals surface area contributed by atoms with Crippen molar-refractivity contribution in [3.05, 3.63) is 0 Å². The molecule has 0 aromatic rings. The molecule has 1 amide bonds. The number of hydrogen-bond donors (Lipinski definition) is 1. The monoisotopic (exact) mass is 268 g/mol. The summed E-state index contributed by atoms with van der Waals surface area (Å²) in [7, 11) is 2.09. The van der Waals surface area contributed by atoms with Gasteiger partial charge in [0.25, 0.3) is 0 Å². The van der Waals surface area contributed by atoms with Crippen LogP contribution in [0.2, 0.25) is 0 Å². The van der Waals surface area contributed by atoms with Gasteiger partial charge in [-0.1, -0.05) is 0 Å². The van der Waals surface area contributed by atoms with Crippen LogP contribution in [0.4, 0.5) is 0 Å². The molecule has 0 aromatic heterocycles. The van der Waals surface area contributed by atoms with Gasteiger partial charge in [0.2, 0.25) is 5.91 Å². The second kappa shape index (κ2) is 5.90. The second-order valence-corrected chi connectivity index (χ2v) is 6.00. The first-order chi connectivity index (χ1) is 8.99. The van der Waals surface area contributed by atoms with Crippen LogP contribution in [0.1, 0.15) is 32.6 Å². The van der Waals surface area contributed by atoms with Crippen molar-refractivity contribution < 1.29 is 14.7 Å². The smallest absolute Gasteiger partial charge is 0.306 e. The molecule has 0 bridgehead atoms. The van der Waals surface area contributed by atoms with Gasteiger partial charge in [0.05, 0.1) is 5.92 Å². The van der Waals surface area contributed by atoms with Crippen LogP contribution in [0, 0.1) is 11.8 Å². The first-order valence-electron chi connectivity index (χ1n) is 7.21. The molecule has 0 radical (unpaired) electrons. The zero-order chi connectivity index (χ0) is 14.0. The third-order valence-corrected chi connectivity index (χ3v) is 4.70. The van der Waals surface area contributed by atoms with Gasteiger partial charge in [0, 0.05) is 31.6 Å². The fraction of sp³-hybridized carbons (Fsp3) is 0.857. The molecular formula is C14H24N2O3. The minimum absolute atomic E-state index is 0.0474. The van der Waals surface area contributed by atoms with E-state index in [0.29, 0.717) is 18.9 Å². The highest BCUT2D eigenvalue weighted by molar-refractivity contribution is 5.79. The molecule has 19 heavy (non-hydrogen) atoms. The summed E-state index contributed by atoms with van der Waals surface area (Å²) in [5.41, 5.74) is 0. The Balaban J connectivity index is 1.86. The van der Waals surface area contributed by atoms with E-state index in [2.05, 4.69) is 18.9 Å². The lowest BCUT2D eigenvalue weighted by Gasteiger charge is -2.40. The molecular weight excluding hydrogens is 244 g/mol. The predicted molar refractivity (Wildman–Crippen MR) is 71.8 cm³/mol. The molecule has 0 aromatic carbocycles. The van der Waals surface area contributed by atoms with Crippen molar-refractivity contribution in [3.63, 3.8) is 0 Å². The van der Waals surface area contributed by atoms with Crippen LogP contribution in [0.3, 0.4) is 0 Å². The summed E-state index contributed by atoms with van der Waals surface area (Å²) in [6.07, 6.45) is 2.76. The van der Waals surface area contributed by atoms with Crippen molar-refractivity contribution in [2.75, 3.05) is 26.7 Å². The minimum atomic E-state index is -0.709. The highest BCUT2D eigenvalue weighted by atomic mass is 16.4. The molecule has 2 fully saturated rings. The molecule has 1 aliphatic heterocycles. The largest absolute Gasteiger partial charge is 0.481 e. The molecule has 108 valence electrons. The topological polar surface area (TPSA) is 60.9 Å². The van der Waals surface area contributed by atoms with Crippen molar-refractivity contribution in [3.8, 4) is 0 Å². The standard InChI is InChI=1S/C14H24N2O3/c1-10-9-16(8-7-15(10)2)13(17)11-3-5-12(6-4-11)14(18)19/h10-12H,3-9H2,1-2H3,(H,18,19). The van der Waals surface area contributed by atoms with Gasteiger partial charge in [-0.05, 0) is 39.7 Å². The minimum Gasteiger partial charge on any atom is -0.481 e. The molecule has 0 spiro atoms. The van der Waals surface area contributed by atoms with Crippen molar-refractivity contribution in [1.82, 2.24) is 9.80 Å². The Morgan fingerprint density at radius 2 is 1.63 bits per heavy atom. The normalized spacial score (nSPS) is 33.2. The average molecular weight is 268 g/mol. The van der Waals surface area contributed by atoms with E-state index in [1.807, 2.05) is 4.90 Å². The fourth-order valence-corrected chi connectivity index (χ4v) is 3.09. The second-order valence-electron chi connectivity index (χ2n) is 6.00. The molecule has 1 heterocycles. The lowest BCUT2D eigenvalue weighted by Crippen LogP contribution is -2.53. The molecule has 2 aliphatic rings. The molecule has 2 rings (SSSR count). The average Bonchev–Trinajstić information content (AvgIpc) is 2.41. The molecule has 1 unspecified atom stereocenters. The number of nitrogens with zero attached hydrogens (tertiary/aromatic N) is 2. The van der Waals surface area contributed by atoms with E-state index in [4.69, 9.17) is 5.11 Å². The Labute approximate surface area is 114 Å². The van der Waals surface area contributed by atoms with E-state index in [1.165, 1.54) is 0 Å². The zero-order valence-corrected chi connectivity index (χ0v) is 11.8. The number of carboxylic acids is 1. The summed E-state index contributed by atoms with van der Waals surface area (Å²) in [5, 5.41) is 8.97. The number of carbonyl (C=O) groups is 2. The number of likely N-dealkylation sites (N-methyl/N-ethyl adjacent to an activating group) is 1. The van der Waals surface area contributed by atoms with Gasteiger partial charge in [-0.2, -0.15) is 0 Å².